The Morgan fingerprint density at radius 2 is 2.00 bits per heavy atom. The van der Waals surface area contributed by atoms with E-state index < -0.39 is 0 Å². The van der Waals surface area contributed by atoms with E-state index >= 15 is 0 Å². The molecular formula is C12H20ClN3. The van der Waals surface area contributed by atoms with Crippen LogP contribution in [0, 0.1) is 0 Å². The Bertz CT molecular complexity index is 339. The number of hydrogen-bond acceptors (Lipinski definition) is 3. The molecule has 0 unspecified atom stereocenters. The Morgan fingerprint density at radius 1 is 1.31 bits per heavy atom. The number of halogens is 1. The zero-order valence-corrected chi connectivity index (χ0v) is 11.3. The van der Waals surface area contributed by atoms with Crippen LogP contribution in [0.1, 0.15) is 39.7 Å². The van der Waals surface area contributed by atoms with E-state index in [9.17, 15) is 0 Å². The van der Waals surface area contributed by atoms with Gasteiger partial charge in [-0.25, -0.2) is 9.97 Å². The predicted molar refractivity (Wildman–Crippen MR) is 69.2 cm³/mol. The first-order valence-corrected chi connectivity index (χ1v) is 6.25. The summed E-state index contributed by atoms with van der Waals surface area (Å²) in [5.41, 5.74) is 1.07. The maximum atomic E-state index is 6.14. The molecule has 0 aromatic carbocycles. The highest BCUT2D eigenvalue weighted by Crippen LogP contribution is 2.25. The zero-order chi connectivity index (χ0) is 12.1. The van der Waals surface area contributed by atoms with Crippen molar-refractivity contribution in [1.29, 1.82) is 0 Å². The number of rotatable bonds is 5. The zero-order valence-electron chi connectivity index (χ0n) is 10.5. The van der Waals surface area contributed by atoms with Gasteiger partial charge in [-0.1, -0.05) is 24.9 Å². The van der Waals surface area contributed by atoms with Gasteiger partial charge in [-0.05, 0) is 27.2 Å². The molecule has 0 atom stereocenters. The van der Waals surface area contributed by atoms with Gasteiger partial charge in [0.25, 0.3) is 0 Å². The lowest BCUT2D eigenvalue weighted by atomic mass is 10.1. The van der Waals surface area contributed by atoms with E-state index in [1.165, 1.54) is 0 Å². The summed E-state index contributed by atoms with van der Waals surface area (Å²) in [7, 11) is 0. The minimum atomic E-state index is 0.423. The molecule has 16 heavy (non-hydrogen) atoms. The average molecular weight is 242 g/mol. The Morgan fingerprint density at radius 3 is 2.50 bits per heavy atom. The molecule has 1 aromatic heterocycles. The highest BCUT2D eigenvalue weighted by molar-refractivity contribution is 6.30. The van der Waals surface area contributed by atoms with Crippen LogP contribution >= 0.6 is 11.6 Å². The first-order chi connectivity index (χ1) is 7.61. The standard InChI is InChI=1S/C12H20ClN3/c1-5-7-10-11(13)14-8-15-12(10)16(6-2)9(3)4/h8-9H,5-7H2,1-4H3. The van der Waals surface area contributed by atoms with Crippen LogP contribution < -0.4 is 4.90 Å². The number of anilines is 1. The van der Waals surface area contributed by atoms with Crippen molar-refractivity contribution in [3.8, 4) is 0 Å². The van der Waals surface area contributed by atoms with Gasteiger partial charge in [0.15, 0.2) is 0 Å². The van der Waals surface area contributed by atoms with Crippen molar-refractivity contribution >= 4 is 17.4 Å². The highest BCUT2D eigenvalue weighted by atomic mass is 35.5. The molecule has 3 nitrogen and oxygen atoms in total. The van der Waals surface area contributed by atoms with Crippen LogP contribution in [0.4, 0.5) is 5.82 Å². The molecule has 0 aliphatic rings. The van der Waals surface area contributed by atoms with Gasteiger partial charge < -0.3 is 4.90 Å². The lowest BCUT2D eigenvalue weighted by Crippen LogP contribution is -2.32. The Hall–Kier alpha value is -0.830. The summed E-state index contributed by atoms with van der Waals surface area (Å²) in [5, 5.41) is 0.589. The van der Waals surface area contributed by atoms with Crippen molar-refractivity contribution in [1.82, 2.24) is 9.97 Å². The predicted octanol–water partition coefficient (Wildman–Crippen LogP) is 3.32. The second-order valence-electron chi connectivity index (χ2n) is 4.10. The van der Waals surface area contributed by atoms with Crippen LogP contribution in [0.25, 0.3) is 0 Å². The van der Waals surface area contributed by atoms with E-state index in [2.05, 4.69) is 42.6 Å². The third-order valence-electron chi connectivity index (χ3n) is 2.61. The molecule has 0 aliphatic heterocycles. The van der Waals surface area contributed by atoms with E-state index in [0.717, 1.165) is 30.8 Å². The van der Waals surface area contributed by atoms with Gasteiger partial charge >= 0.3 is 0 Å². The SMILES string of the molecule is CCCc1c(Cl)ncnc1N(CC)C(C)C. The number of aromatic nitrogens is 2. The van der Waals surface area contributed by atoms with E-state index in [1.807, 2.05) is 0 Å². The lowest BCUT2D eigenvalue weighted by Gasteiger charge is -2.28. The monoisotopic (exact) mass is 241 g/mol. The third-order valence-corrected chi connectivity index (χ3v) is 2.93. The first-order valence-electron chi connectivity index (χ1n) is 5.87. The Balaban J connectivity index is 3.14. The third kappa shape index (κ3) is 2.85. The number of hydrogen-bond donors (Lipinski definition) is 0. The summed E-state index contributed by atoms with van der Waals surface area (Å²) in [5.74, 6) is 0.986. The van der Waals surface area contributed by atoms with Crippen molar-refractivity contribution in [3.05, 3.63) is 17.0 Å². The molecule has 0 fully saturated rings. The Kier molecular flexibility index (Phi) is 5.00. The van der Waals surface area contributed by atoms with E-state index in [4.69, 9.17) is 11.6 Å². The molecule has 0 spiro atoms. The molecule has 0 aliphatic carbocycles. The molecule has 4 heteroatoms. The van der Waals surface area contributed by atoms with Crippen molar-refractivity contribution in [2.45, 2.75) is 46.6 Å². The number of nitrogens with zero attached hydrogens (tertiary/aromatic N) is 3. The quantitative estimate of drug-likeness (QED) is 0.741. The molecule has 0 N–H and O–H groups in total. The average Bonchev–Trinajstić information content (AvgIpc) is 2.23. The minimum Gasteiger partial charge on any atom is -0.354 e. The van der Waals surface area contributed by atoms with Gasteiger partial charge in [0.05, 0.1) is 0 Å². The first kappa shape index (κ1) is 13.2. The molecule has 0 saturated carbocycles. The van der Waals surface area contributed by atoms with Crippen LogP contribution in [0.2, 0.25) is 5.15 Å². The van der Waals surface area contributed by atoms with Crippen LogP contribution in [0.3, 0.4) is 0 Å². The molecular weight excluding hydrogens is 222 g/mol. The van der Waals surface area contributed by atoms with Crippen molar-refractivity contribution in [2.75, 3.05) is 11.4 Å². The maximum absolute atomic E-state index is 6.14. The fraction of sp³-hybridized carbons (Fsp3) is 0.667. The van der Waals surface area contributed by atoms with Crippen molar-refractivity contribution in [2.24, 2.45) is 0 Å². The molecule has 0 radical (unpaired) electrons. The molecule has 90 valence electrons. The summed E-state index contributed by atoms with van der Waals surface area (Å²) in [6, 6.07) is 0.423. The summed E-state index contributed by atoms with van der Waals surface area (Å²) in [6.45, 7) is 9.52. The Labute approximate surface area is 103 Å². The van der Waals surface area contributed by atoms with Crippen LogP contribution in [-0.4, -0.2) is 22.6 Å². The normalized spacial score (nSPS) is 10.9. The van der Waals surface area contributed by atoms with Crippen molar-refractivity contribution in [3.63, 3.8) is 0 Å². The molecule has 1 rings (SSSR count). The van der Waals surface area contributed by atoms with Crippen LogP contribution in [0.15, 0.2) is 6.33 Å². The fourth-order valence-electron chi connectivity index (χ4n) is 1.85. The topological polar surface area (TPSA) is 29.0 Å². The molecule has 0 amide bonds. The summed E-state index contributed by atoms with van der Waals surface area (Å²) in [4.78, 5) is 10.7. The van der Waals surface area contributed by atoms with Gasteiger partial charge in [0, 0.05) is 18.2 Å². The second-order valence-corrected chi connectivity index (χ2v) is 4.45. The van der Waals surface area contributed by atoms with Gasteiger partial charge in [0.2, 0.25) is 0 Å². The van der Waals surface area contributed by atoms with E-state index in [-0.39, 0.29) is 0 Å². The highest BCUT2D eigenvalue weighted by Gasteiger charge is 2.16. The van der Waals surface area contributed by atoms with Gasteiger partial charge in [-0.3, -0.25) is 0 Å². The van der Waals surface area contributed by atoms with Gasteiger partial charge in [0.1, 0.15) is 17.3 Å². The van der Waals surface area contributed by atoms with Crippen LogP contribution in [-0.2, 0) is 6.42 Å². The lowest BCUT2D eigenvalue weighted by molar-refractivity contribution is 0.684. The second kappa shape index (κ2) is 6.04. The molecule has 1 heterocycles. The molecule has 0 bridgehead atoms. The fourth-order valence-corrected chi connectivity index (χ4v) is 2.08. The van der Waals surface area contributed by atoms with Crippen LogP contribution in [0.5, 0.6) is 0 Å². The summed E-state index contributed by atoms with van der Waals surface area (Å²) < 4.78 is 0. The summed E-state index contributed by atoms with van der Waals surface area (Å²) in [6.07, 6.45) is 3.52. The maximum Gasteiger partial charge on any atom is 0.137 e. The molecule has 1 aromatic rings. The van der Waals surface area contributed by atoms with E-state index in [1.54, 1.807) is 6.33 Å². The van der Waals surface area contributed by atoms with E-state index in [0.29, 0.717) is 11.2 Å². The van der Waals surface area contributed by atoms with Crippen molar-refractivity contribution < 1.29 is 0 Å². The van der Waals surface area contributed by atoms with Gasteiger partial charge in [-0.2, -0.15) is 0 Å². The smallest absolute Gasteiger partial charge is 0.137 e. The minimum absolute atomic E-state index is 0.423. The molecule has 0 saturated heterocycles. The summed E-state index contributed by atoms with van der Waals surface area (Å²) >= 11 is 6.14. The largest absolute Gasteiger partial charge is 0.354 e. The van der Waals surface area contributed by atoms with Gasteiger partial charge in [-0.15, -0.1) is 0 Å².